The molecule has 2 amide bonds. The van der Waals surface area contributed by atoms with E-state index in [0.717, 1.165) is 17.7 Å². The average molecular weight is 445 g/mol. The Morgan fingerprint density at radius 2 is 1.52 bits per heavy atom. The zero-order chi connectivity index (χ0) is 23.8. The minimum absolute atomic E-state index is 0.159. The lowest BCUT2D eigenvalue weighted by Crippen LogP contribution is -2.22. The van der Waals surface area contributed by atoms with Crippen LogP contribution in [0.5, 0.6) is 5.75 Å². The van der Waals surface area contributed by atoms with E-state index in [0.29, 0.717) is 29.5 Å². The normalized spacial score (nSPS) is 11.7. The van der Waals surface area contributed by atoms with E-state index in [-0.39, 0.29) is 17.7 Å². The van der Waals surface area contributed by atoms with Crippen molar-refractivity contribution in [3.8, 4) is 5.75 Å². The Labute approximate surface area is 196 Å². The summed E-state index contributed by atoms with van der Waals surface area (Å²) < 4.78 is 5.44. The molecule has 1 atom stereocenters. The molecule has 2 N–H and O–H groups in total. The monoisotopic (exact) mass is 444 g/mol. The van der Waals surface area contributed by atoms with Crippen LogP contribution >= 0.6 is 0 Å². The van der Waals surface area contributed by atoms with E-state index in [9.17, 15) is 9.59 Å². The second-order valence-corrected chi connectivity index (χ2v) is 8.51. The van der Waals surface area contributed by atoms with E-state index in [1.54, 1.807) is 48.5 Å². The van der Waals surface area contributed by atoms with E-state index in [1.165, 1.54) is 5.56 Å². The topological polar surface area (TPSA) is 67.4 Å². The van der Waals surface area contributed by atoms with Gasteiger partial charge >= 0.3 is 0 Å². The minimum atomic E-state index is -0.347. The van der Waals surface area contributed by atoms with Crippen molar-refractivity contribution in [2.75, 3.05) is 17.2 Å². The number of rotatable bonds is 9. The van der Waals surface area contributed by atoms with Crippen LogP contribution in [-0.4, -0.2) is 18.4 Å². The van der Waals surface area contributed by atoms with Gasteiger partial charge in [0.1, 0.15) is 5.75 Å². The largest absolute Gasteiger partial charge is 0.494 e. The molecule has 5 nitrogen and oxygen atoms in total. The van der Waals surface area contributed by atoms with Gasteiger partial charge in [-0.25, -0.2) is 0 Å². The third kappa shape index (κ3) is 6.69. The third-order valence-electron chi connectivity index (χ3n) is 5.37. The highest BCUT2D eigenvalue weighted by atomic mass is 16.5. The first-order valence-corrected chi connectivity index (χ1v) is 11.4. The van der Waals surface area contributed by atoms with Gasteiger partial charge in [0.25, 0.3) is 5.91 Å². The Morgan fingerprint density at radius 1 is 0.848 bits per heavy atom. The molecule has 0 saturated carbocycles. The predicted octanol–water partition coefficient (Wildman–Crippen LogP) is 6.28. The average Bonchev–Trinajstić information content (AvgIpc) is 2.80. The smallest absolute Gasteiger partial charge is 0.257 e. The number of carbonyl (C=O) groups excluding carboxylic acids is 2. The molecule has 5 heteroatoms. The second-order valence-electron chi connectivity index (χ2n) is 8.51. The number of anilines is 2. The number of hydrogen-bond donors (Lipinski definition) is 2. The van der Waals surface area contributed by atoms with Crippen LogP contribution < -0.4 is 15.4 Å². The summed E-state index contributed by atoms with van der Waals surface area (Å²) in [4.78, 5) is 25.8. The van der Waals surface area contributed by atoms with E-state index in [1.807, 2.05) is 26.0 Å². The van der Waals surface area contributed by atoms with E-state index in [2.05, 4.69) is 36.6 Å². The molecular formula is C28H32N2O3. The van der Waals surface area contributed by atoms with Gasteiger partial charge in [0.15, 0.2) is 0 Å². The summed E-state index contributed by atoms with van der Waals surface area (Å²) in [5.74, 6) is 0.533. The van der Waals surface area contributed by atoms with Gasteiger partial charge in [0.2, 0.25) is 5.91 Å². The molecule has 33 heavy (non-hydrogen) atoms. The van der Waals surface area contributed by atoms with Gasteiger partial charge in [-0.3, -0.25) is 9.59 Å². The van der Waals surface area contributed by atoms with Crippen molar-refractivity contribution in [1.82, 2.24) is 0 Å². The number of nitrogens with one attached hydrogen (secondary N) is 2. The van der Waals surface area contributed by atoms with Crippen LogP contribution in [0.4, 0.5) is 11.4 Å². The number of para-hydroxylation sites is 1. The Kier molecular flexibility index (Phi) is 8.25. The lowest BCUT2D eigenvalue weighted by molar-refractivity contribution is -0.117. The van der Waals surface area contributed by atoms with Crippen LogP contribution in [0.15, 0.2) is 72.8 Å². The van der Waals surface area contributed by atoms with E-state index < -0.39 is 0 Å². The number of hydrogen-bond acceptors (Lipinski definition) is 3. The van der Waals surface area contributed by atoms with Crippen molar-refractivity contribution >= 4 is 23.2 Å². The van der Waals surface area contributed by atoms with E-state index >= 15 is 0 Å². The van der Waals surface area contributed by atoms with Gasteiger partial charge < -0.3 is 15.4 Å². The quantitative estimate of drug-likeness (QED) is 0.408. The zero-order valence-electron chi connectivity index (χ0n) is 19.7. The highest BCUT2D eigenvalue weighted by Crippen LogP contribution is 2.23. The van der Waals surface area contributed by atoms with E-state index in [4.69, 9.17) is 4.74 Å². The number of benzene rings is 3. The fourth-order valence-corrected chi connectivity index (χ4v) is 3.60. The summed E-state index contributed by atoms with van der Waals surface area (Å²) in [5, 5.41) is 5.81. The van der Waals surface area contributed by atoms with Crippen molar-refractivity contribution in [3.63, 3.8) is 0 Å². The molecule has 0 saturated heterocycles. The molecule has 3 aromatic carbocycles. The lowest BCUT2D eigenvalue weighted by Gasteiger charge is -2.16. The van der Waals surface area contributed by atoms with Crippen LogP contribution in [0.3, 0.4) is 0 Å². The highest BCUT2D eigenvalue weighted by Gasteiger charge is 2.19. The van der Waals surface area contributed by atoms with Gasteiger partial charge in [0.05, 0.1) is 23.8 Å². The van der Waals surface area contributed by atoms with Crippen LogP contribution in [-0.2, 0) is 11.2 Å². The minimum Gasteiger partial charge on any atom is -0.494 e. The maximum Gasteiger partial charge on any atom is 0.257 e. The molecule has 0 aromatic heterocycles. The summed E-state index contributed by atoms with van der Waals surface area (Å²) in [6.45, 7) is 8.75. The standard InChI is InChI=1S/C28H32N2O3/c1-5-33-24-16-14-23(15-17-24)29-28(32)25-8-6-7-9-26(25)30-27(31)20(4)22-12-10-21(11-13-22)18-19(2)3/h6-17,19-20H,5,18H2,1-4H3,(H,29,32)(H,30,31). The van der Waals surface area contributed by atoms with Crippen LogP contribution in [0.25, 0.3) is 0 Å². The number of ether oxygens (including phenoxy) is 1. The molecule has 3 rings (SSSR count). The molecule has 0 heterocycles. The molecule has 0 aliphatic rings. The van der Waals surface area contributed by atoms with Gasteiger partial charge in [-0.2, -0.15) is 0 Å². The van der Waals surface area contributed by atoms with Crippen molar-refractivity contribution in [2.45, 2.75) is 40.0 Å². The summed E-state index contributed by atoms with van der Waals surface area (Å²) in [6.07, 6.45) is 1.01. The fraction of sp³-hybridized carbons (Fsp3) is 0.286. The van der Waals surface area contributed by atoms with Crippen LogP contribution in [0.2, 0.25) is 0 Å². The summed E-state index contributed by atoms with van der Waals surface area (Å²) >= 11 is 0. The molecule has 0 fully saturated rings. The first-order chi connectivity index (χ1) is 15.9. The molecule has 3 aromatic rings. The van der Waals surface area contributed by atoms with Gasteiger partial charge in [-0.1, -0.05) is 50.2 Å². The maximum absolute atomic E-state index is 13.0. The Morgan fingerprint density at radius 3 is 2.15 bits per heavy atom. The van der Waals surface area contributed by atoms with Crippen LogP contribution in [0.1, 0.15) is 55.1 Å². The Balaban J connectivity index is 1.69. The Bertz CT molecular complexity index is 1070. The third-order valence-corrected chi connectivity index (χ3v) is 5.37. The SMILES string of the molecule is CCOc1ccc(NC(=O)c2ccccc2NC(=O)C(C)c2ccc(CC(C)C)cc2)cc1. The maximum atomic E-state index is 13.0. The Hall–Kier alpha value is -3.60. The van der Waals surface area contributed by atoms with Crippen LogP contribution in [0, 0.1) is 5.92 Å². The molecule has 172 valence electrons. The van der Waals surface area contributed by atoms with Crippen molar-refractivity contribution in [1.29, 1.82) is 0 Å². The van der Waals surface area contributed by atoms with Gasteiger partial charge in [0, 0.05) is 5.69 Å². The fourth-order valence-electron chi connectivity index (χ4n) is 3.60. The first-order valence-electron chi connectivity index (χ1n) is 11.4. The zero-order valence-corrected chi connectivity index (χ0v) is 19.7. The molecule has 0 spiro atoms. The second kappa shape index (κ2) is 11.3. The van der Waals surface area contributed by atoms with Crippen molar-refractivity contribution in [3.05, 3.63) is 89.5 Å². The molecule has 1 unspecified atom stereocenters. The molecule has 0 bridgehead atoms. The predicted molar refractivity (Wildman–Crippen MR) is 134 cm³/mol. The lowest BCUT2D eigenvalue weighted by atomic mass is 9.96. The first kappa shape index (κ1) is 24.1. The van der Waals surface area contributed by atoms with Crippen molar-refractivity contribution in [2.24, 2.45) is 5.92 Å². The number of carbonyl (C=O) groups is 2. The number of amides is 2. The highest BCUT2D eigenvalue weighted by molar-refractivity contribution is 6.10. The summed E-state index contributed by atoms with van der Waals surface area (Å²) in [6, 6.07) is 22.4. The van der Waals surface area contributed by atoms with Gasteiger partial charge in [-0.15, -0.1) is 0 Å². The summed E-state index contributed by atoms with van der Waals surface area (Å²) in [7, 11) is 0. The molecule has 0 aliphatic carbocycles. The molecule has 0 aliphatic heterocycles. The molecular weight excluding hydrogens is 412 g/mol. The van der Waals surface area contributed by atoms with Crippen molar-refractivity contribution < 1.29 is 14.3 Å². The van der Waals surface area contributed by atoms with Gasteiger partial charge in [-0.05, 0) is 73.7 Å². The summed E-state index contributed by atoms with van der Waals surface area (Å²) in [5.41, 5.74) is 3.74. The molecule has 0 radical (unpaired) electrons.